The first-order chi connectivity index (χ1) is 9.02. The number of aliphatic hydroxyl groups excluding tert-OH is 1. The zero-order chi connectivity index (χ0) is 13.6. The van der Waals surface area contributed by atoms with Gasteiger partial charge < -0.3 is 14.4 Å². The summed E-state index contributed by atoms with van der Waals surface area (Å²) in [6.45, 7) is 2.96. The predicted molar refractivity (Wildman–Crippen MR) is 67.8 cm³/mol. The topological polar surface area (TPSA) is 70.8 Å². The average Bonchev–Trinajstić information content (AvgIpc) is 2.83. The van der Waals surface area contributed by atoms with Crippen LogP contribution in [0.4, 0.5) is 0 Å². The maximum Gasteiger partial charge on any atom is 0.289 e. The Morgan fingerprint density at radius 1 is 1.32 bits per heavy atom. The lowest BCUT2D eigenvalue weighted by atomic mass is 10.0. The first-order valence-electron chi connectivity index (χ1n) is 6.62. The van der Waals surface area contributed by atoms with Crippen molar-refractivity contribution in [3.8, 4) is 0 Å². The molecule has 5 nitrogen and oxygen atoms in total. The molecule has 1 saturated carbocycles. The van der Waals surface area contributed by atoms with E-state index in [0.717, 1.165) is 12.8 Å². The Kier molecular flexibility index (Phi) is 2.93. The highest BCUT2D eigenvalue weighted by molar-refractivity contribution is 5.91. The third-order valence-electron chi connectivity index (χ3n) is 4.11. The Bertz CT molecular complexity index is 551. The van der Waals surface area contributed by atoms with E-state index in [1.807, 2.05) is 0 Å². The van der Waals surface area contributed by atoms with Crippen molar-refractivity contribution in [3.05, 3.63) is 33.9 Å². The SMILES string of the molecule is Cc1cc(=O)cc(C(=O)N2C[C@H]3CC(O)C[C@H]3C2)o1. The van der Waals surface area contributed by atoms with Gasteiger partial charge in [0, 0.05) is 25.2 Å². The van der Waals surface area contributed by atoms with E-state index in [2.05, 4.69) is 0 Å². The van der Waals surface area contributed by atoms with Gasteiger partial charge in [-0.15, -0.1) is 0 Å². The largest absolute Gasteiger partial charge is 0.456 e. The molecule has 0 bridgehead atoms. The monoisotopic (exact) mass is 263 g/mol. The van der Waals surface area contributed by atoms with Gasteiger partial charge in [0.05, 0.1) is 6.10 Å². The van der Waals surface area contributed by atoms with E-state index >= 15 is 0 Å². The smallest absolute Gasteiger partial charge is 0.289 e. The zero-order valence-corrected chi connectivity index (χ0v) is 10.8. The van der Waals surface area contributed by atoms with Crippen LogP contribution >= 0.6 is 0 Å². The van der Waals surface area contributed by atoms with E-state index in [0.29, 0.717) is 30.7 Å². The van der Waals surface area contributed by atoms with Crippen LogP contribution in [0.2, 0.25) is 0 Å². The standard InChI is InChI=1S/C14H17NO4/c1-8-2-11(16)5-13(19-8)14(18)15-6-9-3-12(17)4-10(9)7-15/h2,5,9-10,12,17H,3-4,6-7H2,1H3/t9-,10+,12?. The number of likely N-dealkylation sites (tertiary alicyclic amines) is 1. The highest BCUT2D eigenvalue weighted by Gasteiger charge is 2.42. The minimum Gasteiger partial charge on any atom is -0.456 e. The molecule has 2 fully saturated rings. The Labute approximate surface area is 110 Å². The second kappa shape index (κ2) is 4.49. The van der Waals surface area contributed by atoms with Crippen molar-refractivity contribution < 1.29 is 14.3 Å². The minimum atomic E-state index is -0.218. The molecule has 102 valence electrons. The zero-order valence-electron chi connectivity index (χ0n) is 10.8. The van der Waals surface area contributed by atoms with Gasteiger partial charge in [0.1, 0.15) is 5.76 Å². The number of amides is 1. The van der Waals surface area contributed by atoms with Crippen LogP contribution in [0.15, 0.2) is 21.3 Å². The van der Waals surface area contributed by atoms with Crippen LogP contribution < -0.4 is 5.43 Å². The summed E-state index contributed by atoms with van der Waals surface area (Å²) in [5.41, 5.74) is -0.207. The van der Waals surface area contributed by atoms with Crippen LogP contribution in [0, 0.1) is 18.8 Å². The molecule has 1 aromatic heterocycles. The summed E-state index contributed by atoms with van der Waals surface area (Å²) in [5.74, 6) is 1.12. The number of fused-ring (bicyclic) bond motifs is 1. The maximum absolute atomic E-state index is 12.3. The lowest BCUT2D eigenvalue weighted by molar-refractivity contribution is 0.0729. The predicted octanol–water partition coefficient (Wildman–Crippen LogP) is 0.791. The van der Waals surface area contributed by atoms with Gasteiger partial charge in [-0.2, -0.15) is 0 Å². The third-order valence-corrected chi connectivity index (χ3v) is 4.11. The highest BCUT2D eigenvalue weighted by atomic mass is 16.3. The van der Waals surface area contributed by atoms with E-state index in [1.54, 1.807) is 11.8 Å². The van der Waals surface area contributed by atoms with Crippen molar-refractivity contribution in [2.75, 3.05) is 13.1 Å². The van der Waals surface area contributed by atoms with E-state index < -0.39 is 0 Å². The lowest BCUT2D eigenvalue weighted by Crippen LogP contribution is -2.30. The van der Waals surface area contributed by atoms with Gasteiger partial charge in [0.15, 0.2) is 11.2 Å². The van der Waals surface area contributed by atoms with Crippen LogP contribution in [-0.2, 0) is 0 Å². The van der Waals surface area contributed by atoms with Crippen molar-refractivity contribution in [1.82, 2.24) is 4.90 Å². The second-order valence-corrected chi connectivity index (χ2v) is 5.62. The van der Waals surface area contributed by atoms with E-state index in [1.165, 1.54) is 12.1 Å². The number of hydrogen-bond donors (Lipinski definition) is 1. The summed E-state index contributed by atoms with van der Waals surface area (Å²) in [6.07, 6.45) is 1.32. The molecular weight excluding hydrogens is 246 g/mol. The molecule has 0 aromatic carbocycles. The van der Waals surface area contributed by atoms with Crippen LogP contribution in [-0.4, -0.2) is 35.1 Å². The fourth-order valence-electron chi connectivity index (χ4n) is 3.30. The summed E-state index contributed by atoms with van der Waals surface area (Å²) in [5, 5.41) is 9.59. The molecular formula is C14H17NO4. The summed E-state index contributed by atoms with van der Waals surface area (Å²) >= 11 is 0. The number of rotatable bonds is 1. The Morgan fingerprint density at radius 3 is 2.53 bits per heavy atom. The molecule has 1 saturated heterocycles. The van der Waals surface area contributed by atoms with Gasteiger partial charge >= 0.3 is 0 Å². The van der Waals surface area contributed by atoms with Crippen LogP contribution in [0.25, 0.3) is 0 Å². The van der Waals surface area contributed by atoms with Gasteiger partial charge in [-0.3, -0.25) is 9.59 Å². The molecule has 0 spiro atoms. The molecule has 2 aliphatic rings. The Balaban J connectivity index is 1.77. The van der Waals surface area contributed by atoms with Crippen molar-refractivity contribution in [2.45, 2.75) is 25.9 Å². The minimum absolute atomic E-state index is 0.116. The van der Waals surface area contributed by atoms with Crippen LogP contribution in [0.5, 0.6) is 0 Å². The van der Waals surface area contributed by atoms with Crippen molar-refractivity contribution >= 4 is 5.91 Å². The van der Waals surface area contributed by atoms with Gasteiger partial charge in [0.2, 0.25) is 0 Å². The van der Waals surface area contributed by atoms with Crippen LogP contribution in [0.1, 0.15) is 29.2 Å². The summed E-state index contributed by atoms with van der Waals surface area (Å²) in [4.78, 5) is 25.4. The molecule has 1 aliphatic carbocycles. The molecule has 1 aliphatic heterocycles. The number of nitrogens with zero attached hydrogens (tertiary/aromatic N) is 1. The molecule has 1 unspecified atom stereocenters. The molecule has 3 rings (SSSR count). The highest BCUT2D eigenvalue weighted by Crippen LogP contribution is 2.38. The fourth-order valence-corrected chi connectivity index (χ4v) is 3.30. The summed E-state index contributed by atoms with van der Waals surface area (Å²) in [7, 11) is 0. The van der Waals surface area contributed by atoms with Gasteiger partial charge in [-0.05, 0) is 31.6 Å². The lowest BCUT2D eigenvalue weighted by Gasteiger charge is -2.17. The van der Waals surface area contributed by atoms with Gasteiger partial charge in [-0.1, -0.05) is 0 Å². The molecule has 5 heteroatoms. The van der Waals surface area contributed by atoms with Crippen molar-refractivity contribution in [1.29, 1.82) is 0 Å². The molecule has 2 heterocycles. The summed E-state index contributed by atoms with van der Waals surface area (Å²) < 4.78 is 5.33. The molecule has 19 heavy (non-hydrogen) atoms. The molecule has 1 N–H and O–H groups in total. The quantitative estimate of drug-likeness (QED) is 0.813. The molecule has 1 amide bonds. The molecule has 3 atom stereocenters. The first kappa shape index (κ1) is 12.4. The molecule has 1 aromatic rings. The van der Waals surface area contributed by atoms with Crippen LogP contribution in [0.3, 0.4) is 0 Å². The average molecular weight is 263 g/mol. The van der Waals surface area contributed by atoms with E-state index in [-0.39, 0.29) is 23.2 Å². The van der Waals surface area contributed by atoms with E-state index in [9.17, 15) is 14.7 Å². The summed E-state index contributed by atoms with van der Waals surface area (Å²) in [6, 6.07) is 2.62. The number of aryl methyl sites for hydroxylation is 1. The van der Waals surface area contributed by atoms with Gasteiger partial charge in [0.25, 0.3) is 5.91 Å². The van der Waals surface area contributed by atoms with E-state index in [4.69, 9.17) is 4.42 Å². The number of hydrogen-bond acceptors (Lipinski definition) is 4. The Morgan fingerprint density at radius 2 is 1.95 bits per heavy atom. The maximum atomic E-state index is 12.3. The second-order valence-electron chi connectivity index (χ2n) is 5.62. The number of aliphatic hydroxyl groups is 1. The Hall–Kier alpha value is -1.62. The number of carbonyl (C=O) groups excluding carboxylic acids is 1. The molecule has 0 radical (unpaired) electrons. The van der Waals surface area contributed by atoms with Crippen molar-refractivity contribution in [2.24, 2.45) is 11.8 Å². The number of carbonyl (C=O) groups is 1. The third kappa shape index (κ3) is 2.30. The normalized spacial score (nSPS) is 29.6. The van der Waals surface area contributed by atoms with Gasteiger partial charge in [-0.25, -0.2) is 0 Å². The first-order valence-corrected chi connectivity index (χ1v) is 6.62. The fraction of sp³-hybridized carbons (Fsp3) is 0.571. The van der Waals surface area contributed by atoms with Crippen molar-refractivity contribution in [3.63, 3.8) is 0 Å².